The van der Waals surface area contributed by atoms with E-state index in [2.05, 4.69) is 32.9 Å². The van der Waals surface area contributed by atoms with Gasteiger partial charge in [-0.3, -0.25) is 4.79 Å². The molecule has 0 saturated heterocycles. The van der Waals surface area contributed by atoms with Gasteiger partial charge < -0.3 is 4.74 Å². The summed E-state index contributed by atoms with van der Waals surface area (Å²) in [6.07, 6.45) is 6.60. The van der Waals surface area contributed by atoms with Crippen LogP contribution in [-0.2, 0) is 11.2 Å². The van der Waals surface area contributed by atoms with Crippen LogP contribution < -0.4 is 4.74 Å². The van der Waals surface area contributed by atoms with E-state index in [0.717, 1.165) is 31.4 Å². The van der Waals surface area contributed by atoms with Crippen molar-refractivity contribution in [1.29, 1.82) is 0 Å². The van der Waals surface area contributed by atoms with Crippen LogP contribution in [0.5, 0.6) is 5.75 Å². The van der Waals surface area contributed by atoms with E-state index in [0.29, 0.717) is 29.5 Å². The van der Waals surface area contributed by atoms with Crippen LogP contribution in [0.4, 0.5) is 0 Å². The van der Waals surface area contributed by atoms with Crippen molar-refractivity contribution in [3.63, 3.8) is 0 Å². The summed E-state index contributed by atoms with van der Waals surface area (Å²) in [6, 6.07) is 4.53. The molecular weight excluding hydrogens is 296 g/mol. The first-order valence-electron chi connectivity index (χ1n) is 9.69. The molecule has 0 N–H and O–H groups in total. The van der Waals surface area contributed by atoms with Crippen molar-refractivity contribution >= 4 is 5.78 Å². The van der Waals surface area contributed by atoms with Gasteiger partial charge in [0.05, 0.1) is 7.11 Å². The zero-order valence-electron chi connectivity index (χ0n) is 15.5. The van der Waals surface area contributed by atoms with Crippen molar-refractivity contribution in [3.8, 4) is 5.75 Å². The first-order valence-corrected chi connectivity index (χ1v) is 9.69. The molecule has 130 valence electrons. The van der Waals surface area contributed by atoms with Crippen molar-refractivity contribution in [1.82, 2.24) is 0 Å². The molecule has 1 aromatic rings. The maximum Gasteiger partial charge on any atom is 0.139 e. The van der Waals surface area contributed by atoms with Gasteiger partial charge in [-0.15, -0.1) is 0 Å². The zero-order valence-corrected chi connectivity index (χ0v) is 15.5. The summed E-state index contributed by atoms with van der Waals surface area (Å²) in [5.41, 5.74) is 4.58. The number of carbonyl (C=O) groups excluding carboxylic acids is 1. The van der Waals surface area contributed by atoms with Crippen LogP contribution in [0.25, 0.3) is 0 Å². The number of fused-ring (bicyclic) bond motifs is 5. The fraction of sp³-hybridized carbons (Fsp3) is 0.682. The molecule has 0 bridgehead atoms. The average molecular weight is 326 g/mol. The summed E-state index contributed by atoms with van der Waals surface area (Å²) in [4.78, 5) is 12.5. The Balaban J connectivity index is 1.78. The van der Waals surface area contributed by atoms with E-state index < -0.39 is 0 Å². The Morgan fingerprint density at radius 2 is 1.96 bits per heavy atom. The van der Waals surface area contributed by atoms with Crippen LogP contribution in [-0.4, -0.2) is 12.9 Å². The predicted molar refractivity (Wildman–Crippen MR) is 96.7 cm³/mol. The lowest BCUT2D eigenvalue weighted by Gasteiger charge is -2.49. The second-order valence-electron chi connectivity index (χ2n) is 8.78. The lowest BCUT2D eigenvalue weighted by molar-refractivity contribution is -0.129. The van der Waals surface area contributed by atoms with E-state index >= 15 is 0 Å². The smallest absolute Gasteiger partial charge is 0.139 e. The highest BCUT2D eigenvalue weighted by Gasteiger charge is 2.54. The highest BCUT2D eigenvalue weighted by Crippen LogP contribution is 2.60. The molecular formula is C22H30O2. The predicted octanol–water partition coefficient (Wildman–Crippen LogP) is 5.24. The van der Waals surface area contributed by atoms with Crippen molar-refractivity contribution in [2.75, 3.05) is 7.11 Å². The molecule has 0 spiro atoms. The molecule has 2 fully saturated rings. The molecule has 4 rings (SSSR count). The van der Waals surface area contributed by atoms with Gasteiger partial charge in [0.15, 0.2) is 0 Å². The molecule has 3 aliphatic rings. The first-order chi connectivity index (χ1) is 11.5. The molecule has 0 aromatic heterocycles. The molecule has 2 heteroatoms. The number of benzene rings is 1. The minimum atomic E-state index is -0.0247. The van der Waals surface area contributed by atoms with Gasteiger partial charge in [-0.1, -0.05) is 20.8 Å². The maximum absolute atomic E-state index is 12.5. The molecule has 3 aliphatic carbocycles. The largest absolute Gasteiger partial charge is 0.497 e. The fourth-order valence-electron chi connectivity index (χ4n) is 6.10. The Labute approximate surface area is 146 Å². The number of hydrogen-bond donors (Lipinski definition) is 0. The van der Waals surface area contributed by atoms with Crippen molar-refractivity contribution in [2.45, 2.75) is 71.1 Å². The highest BCUT2D eigenvalue weighted by molar-refractivity contribution is 5.87. The molecule has 2 saturated carbocycles. The zero-order chi connectivity index (χ0) is 17.1. The number of Topliss-reactive ketones (excluding diaryl/α,β-unsaturated/α-hetero) is 1. The van der Waals surface area contributed by atoms with E-state index in [1.54, 1.807) is 12.7 Å². The minimum Gasteiger partial charge on any atom is -0.497 e. The first kappa shape index (κ1) is 16.2. The van der Waals surface area contributed by atoms with E-state index in [-0.39, 0.29) is 5.41 Å². The Morgan fingerprint density at radius 1 is 1.17 bits per heavy atom. The fourth-order valence-corrected chi connectivity index (χ4v) is 6.10. The second kappa shape index (κ2) is 5.61. The summed E-state index contributed by atoms with van der Waals surface area (Å²) in [5, 5.41) is 0. The van der Waals surface area contributed by atoms with Gasteiger partial charge >= 0.3 is 0 Å². The summed E-state index contributed by atoms with van der Waals surface area (Å²) >= 11 is 0. The SMILES string of the molecule is COc1cc2c(c(C(C)C)c1)[C@H]1CC[C@]3(C)C(=O)CC[C@H]3[C@@H]1CC2. The Bertz CT molecular complexity index is 675. The normalized spacial score (nSPS) is 34.7. The second-order valence-corrected chi connectivity index (χ2v) is 8.78. The van der Waals surface area contributed by atoms with Crippen LogP contribution in [0.1, 0.15) is 81.4 Å². The Hall–Kier alpha value is -1.31. The standard InChI is InChI=1S/C22H30O2/c1-13(2)18-12-15(24-4)11-14-5-6-16-17(21(14)18)9-10-22(3)19(16)7-8-20(22)23/h11-13,16-17,19H,5-10H2,1-4H3/t16-,17+,19+,22+/m1/s1. The molecule has 0 amide bonds. The lowest BCUT2D eigenvalue weighted by atomic mass is 9.55. The highest BCUT2D eigenvalue weighted by atomic mass is 16.5. The van der Waals surface area contributed by atoms with Crippen molar-refractivity contribution in [3.05, 3.63) is 28.8 Å². The van der Waals surface area contributed by atoms with Crippen LogP contribution in [0.3, 0.4) is 0 Å². The third-order valence-electron chi connectivity index (χ3n) is 7.39. The van der Waals surface area contributed by atoms with Gasteiger partial charge in [-0.05, 0) is 84.6 Å². The number of hydrogen-bond acceptors (Lipinski definition) is 2. The monoisotopic (exact) mass is 326 g/mol. The molecule has 1 aromatic carbocycles. The van der Waals surface area contributed by atoms with Gasteiger partial charge in [0, 0.05) is 11.8 Å². The molecule has 0 unspecified atom stereocenters. The number of carbonyl (C=O) groups is 1. The minimum absolute atomic E-state index is 0.0247. The lowest BCUT2D eigenvalue weighted by Crippen LogP contribution is -2.42. The topological polar surface area (TPSA) is 26.3 Å². The van der Waals surface area contributed by atoms with Crippen LogP contribution in [0.2, 0.25) is 0 Å². The molecule has 0 radical (unpaired) electrons. The molecule has 0 aliphatic heterocycles. The van der Waals surface area contributed by atoms with Gasteiger partial charge in [-0.2, -0.15) is 0 Å². The number of ether oxygens (including phenoxy) is 1. The van der Waals surface area contributed by atoms with Crippen LogP contribution in [0, 0.1) is 17.3 Å². The number of rotatable bonds is 2. The number of aryl methyl sites for hydroxylation is 1. The number of methoxy groups -OCH3 is 1. The third-order valence-corrected chi connectivity index (χ3v) is 7.39. The molecule has 0 heterocycles. The van der Waals surface area contributed by atoms with Gasteiger partial charge in [0.2, 0.25) is 0 Å². The molecule has 2 nitrogen and oxygen atoms in total. The van der Waals surface area contributed by atoms with E-state index in [1.165, 1.54) is 24.0 Å². The van der Waals surface area contributed by atoms with Crippen molar-refractivity contribution < 1.29 is 9.53 Å². The quantitative estimate of drug-likeness (QED) is 0.742. The van der Waals surface area contributed by atoms with E-state index in [1.807, 2.05) is 0 Å². The van der Waals surface area contributed by atoms with Crippen molar-refractivity contribution in [2.24, 2.45) is 17.3 Å². The molecule has 24 heavy (non-hydrogen) atoms. The van der Waals surface area contributed by atoms with Crippen LogP contribution in [0.15, 0.2) is 12.1 Å². The summed E-state index contributed by atoms with van der Waals surface area (Å²) in [5.74, 6) is 4.03. The molecule has 4 atom stereocenters. The van der Waals surface area contributed by atoms with Gasteiger partial charge in [-0.25, -0.2) is 0 Å². The van der Waals surface area contributed by atoms with E-state index in [9.17, 15) is 4.79 Å². The summed E-state index contributed by atoms with van der Waals surface area (Å²) in [6.45, 7) is 6.85. The average Bonchev–Trinajstić information content (AvgIpc) is 2.88. The summed E-state index contributed by atoms with van der Waals surface area (Å²) in [7, 11) is 1.77. The van der Waals surface area contributed by atoms with Gasteiger partial charge in [0.25, 0.3) is 0 Å². The number of ketones is 1. The van der Waals surface area contributed by atoms with Gasteiger partial charge in [0.1, 0.15) is 11.5 Å². The Kier molecular flexibility index (Phi) is 3.78. The summed E-state index contributed by atoms with van der Waals surface area (Å²) < 4.78 is 5.56. The van der Waals surface area contributed by atoms with Crippen LogP contribution >= 0.6 is 0 Å². The van der Waals surface area contributed by atoms with E-state index in [4.69, 9.17) is 4.74 Å². The third kappa shape index (κ3) is 2.18. The maximum atomic E-state index is 12.5. The Morgan fingerprint density at radius 3 is 2.67 bits per heavy atom.